The molecule has 0 unspecified atom stereocenters. The number of carbonyl (C=O) groups is 5. The minimum atomic E-state index is -1.48. The molecule has 0 radical (unpaired) electrons. The lowest BCUT2D eigenvalue weighted by Crippen LogP contribution is -2.62. The Kier molecular flexibility index (Phi) is 11.5. The van der Waals surface area contributed by atoms with Crippen molar-refractivity contribution in [1.29, 1.82) is 0 Å². The minimum absolute atomic E-state index is 0.0820. The van der Waals surface area contributed by atoms with Crippen LogP contribution < -0.4 is 36.3 Å². The van der Waals surface area contributed by atoms with Crippen molar-refractivity contribution in [3.63, 3.8) is 0 Å². The van der Waals surface area contributed by atoms with Crippen LogP contribution in [0.4, 0.5) is 0 Å². The van der Waals surface area contributed by atoms with E-state index in [1.165, 1.54) is 17.8 Å². The first-order valence-electron chi connectivity index (χ1n) is 17.9. The average Bonchev–Trinajstić information content (AvgIpc) is 3.18. The maximum Gasteiger partial charge on any atom is 0.264 e. The third kappa shape index (κ3) is 8.85. The van der Waals surface area contributed by atoms with Gasteiger partial charge in [-0.3, -0.25) is 33.3 Å². The number of carbonyl (C=O) groups excluding carboxylic acids is 5. The summed E-state index contributed by atoms with van der Waals surface area (Å²) < 4.78 is 13.5. The van der Waals surface area contributed by atoms with Crippen LogP contribution in [0.25, 0.3) is 10.9 Å². The average molecular weight is 738 g/mol. The molecular formula is C39H43N7O8. The van der Waals surface area contributed by atoms with E-state index in [0.29, 0.717) is 22.4 Å². The van der Waals surface area contributed by atoms with E-state index in [1.54, 1.807) is 60.4 Å². The molecule has 4 N–H and O–H groups in total. The van der Waals surface area contributed by atoms with Crippen molar-refractivity contribution in [3.8, 4) is 11.5 Å². The molecule has 3 atom stereocenters. The van der Waals surface area contributed by atoms with Crippen molar-refractivity contribution in [2.45, 2.75) is 63.4 Å². The van der Waals surface area contributed by atoms with E-state index in [-0.39, 0.29) is 63.5 Å². The van der Waals surface area contributed by atoms with Gasteiger partial charge in [0.05, 0.1) is 23.8 Å². The number of rotatable bonds is 4. The molecule has 15 heteroatoms. The van der Waals surface area contributed by atoms with E-state index in [1.807, 2.05) is 30.3 Å². The van der Waals surface area contributed by atoms with Crippen LogP contribution in [-0.2, 0) is 36.9 Å². The number of piperidine rings is 1. The number of amides is 5. The summed E-state index contributed by atoms with van der Waals surface area (Å²) >= 11 is 0. The fraction of sp³-hybridized carbons (Fsp3) is 0.359. The lowest BCUT2D eigenvalue weighted by molar-refractivity contribution is -0.148. The van der Waals surface area contributed by atoms with Crippen molar-refractivity contribution in [3.05, 3.63) is 101 Å². The van der Waals surface area contributed by atoms with Gasteiger partial charge in [0, 0.05) is 32.4 Å². The molecule has 5 amide bonds. The van der Waals surface area contributed by atoms with Crippen LogP contribution in [0.3, 0.4) is 0 Å². The van der Waals surface area contributed by atoms with Gasteiger partial charge in [0.15, 0.2) is 5.60 Å². The Morgan fingerprint density at radius 3 is 2.20 bits per heavy atom. The first kappa shape index (κ1) is 37.5. The summed E-state index contributed by atoms with van der Waals surface area (Å²) in [5.41, 5.74) is -0.495. The van der Waals surface area contributed by atoms with Gasteiger partial charge in [-0.1, -0.05) is 42.5 Å². The second kappa shape index (κ2) is 16.6. The first-order valence-corrected chi connectivity index (χ1v) is 17.9. The standard InChI is InChI=1S/C39H43N7O8/c1-25-34(48)40-18-21-53-28-12-14-29(15-13-28)54-39(38(52)43-26(2)35(49)44-32(36(50)42-25)22-27-8-4-3-5-9-27)16-19-45(20-17-39)33(47)23-46-24-41-31-11-7-6-10-30(31)37(46)51/h3-15,24-26,32H,16-23H2,1-2H3,(H,40,48)(H,42,50)(H,43,52)(H,44,49)/t25-,26-,32-/m0/s1. The fourth-order valence-corrected chi connectivity index (χ4v) is 6.41. The van der Waals surface area contributed by atoms with Crippen molar-refractivity contribution in [1.82, 2.24) is 35.7 Å². The van der Waals surface area contributed by atoms with Gasteiger partial charge < -0.3 is 35.6 Å². The fourth-order valence-electron chi connectivity index (χ4n) is 6.41. The van der Waals surface area contributed by atoms with Gasteiger partial charge >= 0.3 is 0 Å². The monoisotopic (exact) mass is 737 g/mol. The maximum absolute atomic E-state index is 14.2. The Morgan fingerprint density at radius 2 is 1.46 bits per heavy atom. The number of para-hydroxylation sites is 1. The van der Waals surface area contributed by atoms with Gasteiger partial charge in [0.1, 0.15) is 42.8 Å². The van der Waals surface area contributed by atoms with Crippen molar-refractivity contribution in [2.75, 3.05) is 26.2 Å². The van der Waals surface area contributed by atoms with Crippen molar-refractivity contribution < 1.29 is 33.4 Å². The van der Waals surface area contributed by atoms with E-state index in [4.69, 9.17) is 9.47 Å². The first-order chi connectivity index (χ1) is 26.0. The van der Waals surface area contributed by atoms with E-state index < -0.39 is 47.4 Å². The lowest BCUT2D eigenvalue weighted by Gasteiger charge is -2.41. The number of ether oxygens (including phenoxy) is 2. The number of hydrogen-bond donors (Lipinski definition) is 4. The van der Waals surface area contributed by atoms with Crippen LogP contribution in [0.5, 0.6) is 11.5 Å². The molecular weight excluding hydrogens is 694 g/mol. The Morgan fingerprint density at radius 1 is 0.796 bits per heavy atom. The molecule has 4 aromatic rings. The van der Waals surface area contributed by atoms with Crippen LogP contribution in [0.1, 0.15) is 32.3 Å². The summed E-state index contributed by atoms with van der Waals surface area (Å²) in [4.78, 5) is 86.3. The van der Waals surface area contributed by atoms with E-state index >= 15 is 0 Å². The zero-order valence-corrected chi connectivity index (χ0v) is 30.1. The molecule has 15 nitrogen and oxygen atoms in total. The highest BCUT2D eigenvalue weighted by Crippen LogP contribution is 2.31. The highest BCUT2D eigenvalue weighted by molar-refractivity contribution is 5.95. The number of likely N-dealkylation sites (tertiary alicyclic amines) is 1. The van der Waals surface area contributed by atoms with Crippen LogP contribution in [0, 0.1) is 0 Å². The second-order valence-corrected chi connectivity index (χ2v) is 13.5. The third-order valence-electron chi connectivity index (χ3n) is 9.59. The van der Waals surface area contributed by atoms with Crippen LogP contribution in [0.15, 0.2) is 90.0 Å². The normalized spacial score (nSPS) is 21.2. The molecule has 1 saturated heterocycles. The molecule has 3 aromatic carbocycles. The van der Waals surface area contributed by atoms with E-state index in [2.05, 4.69) is 26.3 Å². The molecule has 1 fully saturated rings. The van der Waals surface area contributed by atoms with Crippen LogP contribution >= 0.6 is 0 Å². The Labute approximate surface area is 311 Å². The summed E-state index contributed by atoms with van der Waals surface area (Å²) in [6.07, 6.45) is 1.65. The Balaban J connectivity index is 1.21. The minimum Gasteiger partial charge on any atom is -0.492 e. The number of aromatic nitrogens is 2. The van der Waals surface area contributed by atoms with E-state index in [0.717, 1.165) is 5.56 Å². The highest BCUT2D eigenvalue weighted by Gasteiger charge is 2.45. The van der Waals surface area contributed by atoms with Gasteiger partial charge in [0.25, 0.3) is 11.5 Å². The number of benzene rings is 3. The molecule has 4 heterocycles. The summed E-state index contributed by atoms with van der Waals surface area (Å²) in [6, 6.07) is 19.6. The smallest absolute Gasteiger partial charge is 0.264 e. The van der Waals surface area contributed by atoms with Gasteiger partial charge in [-0.25, -0.2) is 4.98 Å². The van der Waals surface area contributed by atoms with Crippen LogP contribution in [0.2, 0.25) is 0 Å². The number of nitrogens with one attached hydrogen (secondary N) is 4. The number of nitrogens with zero attached hydrogens (tertiary/aromatic N) is 3. The molecule has 1 aromatic heterocycles. The highest BCUT2D eigenvalue weighted by atomic mass is 16.5. The summed E-state index contributed by atoms with van der Waals surface area (Å²) in [6.45, 7) is 3.40. The van der Waals surface area contributed by atoms with Gasteiger partial charge in [-0.05, 0) is 55.8 Å². The Hall–Kier alpha value is -6.25. The molecule has 1 spiro atoms. The molecule has 7 rings (SSSR count). The molecule has 282 valence electrons. The van der Waals surface area contributed by atoms with Gasteiger partial charge in [-0.2, -0.15) is 0 Å². The zero-order valence-electron chi connectivity index (χ0n) is 30.1. The molecule has 54 heavy (non-hydrogen) atoms. The molecule has 3 aliphatic heterocycles. The predicted octanol–water partition coefficient (Wildman–Crippen LogP) is 1.08. The molecule has 0 saturated carbocycles. The lowest BCUT2D eigenvalue weighted by atomic mass is 9.89. The maximum atomic E-state index is 14.2. The van der Waals surface area contributed by atoms with E-state index in [9.17, 15) is 28.8 Å². The second-order valence-electron chi connectivity index (χ2n) is 13.5. The van der Waals surface area contributed by atoms with Gasteiger partial charge in [-0.15, -0.1) is 0 Å². The number of hydrogen-bond acceptors (Lipinski definition) is 9. The Bertz CT molecular complexity index is 2060. The third-order valence-corrected chi connectivity index (χ3v) is 9.59. The molecule has 2 bridgehead atoms. The number of fused-ring (bicyclic) bond motifs is 16. The zero-order chi connectivity index (χ0) is 38.2. The summed E-state index contributed by atoms with van der Waals surface area (Å²) in [5.74, 6) is -1.65. The SMILES string of the molecule is C[C@@H]1NC(=O)[C@H](Cc2ccccc2)NC(=O)[C@H](C)NC(=O)C2(CCN(C(=O)Cn3cnc4ccccc4c3=O)CC2)Oc2ccc(cc2)OCCNC1=O. The molecule has 3 aliphatic rings. The van der Waals surface area contributed by atoms with Gasteiger partial charge in [0.2, 0.25) is 23.6 Å². The largest absolute Gasteiger partial charge is 0.492 e. The van der Waals surface area contributed by atoms with Crippen LogP contribution in [-0.4, -0.2) is 94.0 Å². The summed E-state index contributed by atoms with van der Waals surface area (Å²) in [7, 11) is 0. The molecule has 0 aliphatic carbocycles. The van der Waals surface area contributed by atoms with Crippen molar-refractivity contribution in [2.24, 2.45) is 0 Å². The quantitative estimate of drug-likeness (QED) is 0.222. The predicted molar refractivity (Wildman–Crippen MR) is 197 cm³/mol. The summed E-state index contributed by atoms with van der Waals surface area (Å²) in [5, 5.41) is 11.3. The van der Waals surface area contributed by atoms with Crippen molar-refractivity contribution >= 4 is 40.4 Å². The topological polar surface area (TPSA) is 190 Å².